The molecule has 0 fully saturated rings. The Hall–Kier alpha value is -2.20. The molecule has 0 aliphatic rings. The predicted molar refractivity (Wildman–Crippen MR) is 102 cm³/mol. The van der Waals surface area contributed by atoms with E-state index in [-0.39, 0.29) is 11.6 Å². The van der Waals surface area contributed by atoms with Crippen molar-refractivity contribution in [3.8, 4) is 0 Å². The molecule has 0 radical (unpaired) electrons. The quantitative estimate of drug-likeness (QED) is 0.385. The van der Waals surface area contributed by atoms with E-state index in [0.29, 0.717) is 29.1 Å². The van der Waals surface area contributed by atoms with E-state index in [2.05, 4.69) is 4.99 Å². The molecular formula is C20H22ClFN2O. The Morgan fingerprint density at radius 3 is 2.76 bits per heavy atom. The average molecular weight is 361 g/mol. The Balaban J connectivity index is 2.12. The Kier molecular flexibility index (Phi) is 6.71. The lowest BCUT2D eigenvalue weighted by Crippen LogP contribution is -2.14. The predicted octanol–water partition coefficient (Wildman–Crippen LogP) is 5.21. The lowest BCUT2D eigenvalue weighted by atomic mass is 9.99. The molecule has 0 unspecified atom stereocenters. The van der Waals surface area contributed by atoms with Crippen LogP contribution in [0.4, 0.5) is 10.1 Å². The number of benzene rings is 2. The summed E-state index contributed by atoms with van der Waals surface area (Å²) in [4.78, 5) is 18.8. The van der Waals surface area contributed by atoms with Gasteiger partial charge in [-0.2, -0.15) is 0 Å². The van der Waals surface area contributed by atoms with Gasteiger partial charge in [-0.3, -0.25) is 4.79 Å². The van der Waals surface area contributed by atoms with Crippen LogP contribution in [0.25, 0.3) is 0 Å². The molecule has 25 heavy (non-hydrogen) atoms. The molecular weight excluding hydrogens is 339 g/mol. The third-order valence-electron chi connectivity index (χ3n) is 4.02. The Morgan fingerprint density at radius 1 is 1.32 bits per heavy atom. The van der Waals surface area contributed by atoms with Gasteiger partial charge in [-0.05, 0) is 55.7 Å². The number of aliphatic imine (C=N–C) groups is 1. The Morgan fingerprint density at radius 2 is 2.08 bits per heavy atom. The minimum atomic E-state index is -0.288. The van der Waals surface area contributed by atoms with Crippen LogP contribution in [-0.2, 0) is 6.42 Å². The molecule has 0 N–H and O–H groups in total. The second-order valence-electron chi connectivity index (χ2n) is 5.99. The molecule has 5 heteroatoms. The lowest BCUT2D eigenvalue weighted by Gasteiger charge is -2.11. The van der Waals surface area contributed by atoms with E-state index >= 15 is 0 Å². The van der Waals surface area contributed by atoms with Crippen LogP contribution in [0.3, 0.4) is 0 Å². The van der Waals surface area contributed by atoms with Crippen molar-refractivity contribution in [1.82, 2.24) is 4.90 Å². The number of rotatable bonds is 7. The van der Waals surface area contributed by atoms with Gasteiger partial charge in [0.05, 0.1) is 17.0 Å². The van der Waals surface area contributed by atoms with Gasteiger partial charge >= 0.3 is 0 Å². The normalized spacial score (nSPS) is 11.1. The molecule has 3 nitrogen and oxygen atoms in total. The summed E-state index contributed by atoms with van der Waals surface area (Å²) >= 11 is 6.28. The van der Waals surface area contributed by atoms with Crippen LogP contribution in [0.1, 0.15) is 34.8 Å². The van der Waals surface area contributed by atoms with Crippen LogP contribution < -0.4 is 0 Å². The fraction of sp³-hybridized carbons (Fsp3) is 0.300. The van der Waals surface area contributed by atoms with E-state index in [1.165, 1.54) is 12.1 Å². The molecule has 2 rings (SSSR count). The van der Waals surface area contributed by atoms with E-state index in [9.17, 15) is 9.18 Å². The monoisotopic (exact) mass is 360 g/mol. The van der Waals surface area contributed by atoms with E-state index < -0.39 is 0 Å². The highest BCUT2D eigenvalue weighted by Gasteiger charge is 2.13. The summed E-state index contributed by atoms with van der Waals surface area (Å²) in [6.45, 7) is 4.74. The zero-order valence-electron chi connectivity index (χ0n) is 14.7. The van der Waals surface area contributed by atoms with E-state index in [1.807, 2.05) is 37.9 Å². The molecule has 0 amide bonds. The number of hydrogen-bond acceptors (Lipinski definition) is 2. The van der Waals surface area contributed by atoms with Crippen molar-refractivity contribution in [3.63, 3.8) is 0 Å². The third-order valence-corrected chi connectivity index (χ3v) is 4.32. The Labute approximate surface area is 153 Å². The maximum absolute atomic E-state index is 13.2. The number of carbonyl (C=O) groups is 1. The molecule has 0 aromatic heterocycles. The van der Waals surface area contributed by atoms with Crippen molar-refractivity contribution in [3.05, 3.63) is 63.9 Å². The van der Waals surface area contributed by atoms with Crippen LogP contribution in [0, 0.1) is 12.7 Å². The van der Waals surface area contributed by atoms with Crippen LogP contribution >= 0.6 is 11.6 Å². The molecule has 0 saturated heterocycles. The Bertz CT molecular complexity index is 789. The summed E-state index contributed by atoms with van der Waals surface area (Å²) in [5.74, 6) is -0.298. The maximum Gasteiger partial charge on any atom is 0.163 e. The van der Waals surface area contributed by atoms with Crippen molar-refractivity contribution < 1.29 is 9.18 Å². The zero-order valence-corrected chi connectivity index (χ0v) is 15.5. The molecule has 0 aliphatic heterocycles. The highest BCUT2D eigenvalue weighted by Crippen LogP contribution is 2.29. The molecule has 2 aromatic carbocycles. The molecule has 0 heterocycles. The van der Waals surface area contributed by atoms with Gasteiger partial charge < -0.3 is 4.90 Å². The SMILES string of the molecule is CCN(C)C=Nc1cc(C)c(C(=O)CCc2cccc(F)c2)cc1Cl. The molecule has 0 saturated carbocycles. The molecule has 132 valence electrons. The molecule has 0 aliphatic carbocycles. The van der Waals surface area contributed by atoms with E-state index in [1.54, 1.807) is 18.5 Å². The molecule has 0 bridgehead atoms. The second-order valence-corrected chi connectivity index (χ2v) is 6.40. The van der Waals surface area contributed by atoms with Crippen LogP contribution in [0.2, 0.25) is 5.02 Å². The first-order valence-corrected chi connectivity index (χ1v) is 8.60. The fourth-order valence-corrected chi connectivity index (χ4v) is 2.61. The van der Waals surface area contributed by atoms with Crippen molar-refractivity contribution >= 4 is 29.4 Å². The van der Waals surface area contributed by atoms with Gasteiger partial charge in [-0.1, -0.05) is 23.7 Å². The van der Waals surface area contributed by atoms with Crippen LogP contribution in [0.15, 0.2) is 41.4 Å². The number of hydrogen-bond donors (Lipinski definition) is 0. The third kappa shape index (κ3) is 5.40. The zero-order chi connectivity index (χ0) is 18.4. The van der Waals surface area contributed by atoms with Gasteiger partial charge in [0, 0.05) is 25.6 Å². The smallest absolute Gasteiger partial charge is 0.163 e. The molecule has 0 spiro atoms. The second kappa shape index (κ2) is 8.77. The summed E-state index contributed by atoms with van der Waals surface area (Å²) in [6, 6.07) is 9.80. The largest absolute Gasteiger partial charge is 0.366 e. The first-order chi connectivity index (χ1) is 11.9. The topological polar surface area (TPSA) is 32.7 Å². The van der Waals surface area contributed by atoms with Gasteiger partial charge in [0.25, 0.3) is 0 Å². The first-order valence-electron chi connectivity index (χ1n) is 8.23. The maximum atomic E-state index is 13.2. The van der Waals surface area contributed by atoms with Crippen molar-refractivity contribution in [2.75, 3.05) is 13.6 Å². The lowest BCUT2D eigenvalue weighted by molar-refractivity contribution is 0.0982. The van der Waals surface area contributed by atoms with Crippen molar-refractivity contribution in [2.24, 2.45) is 4.99 Å². The summed E-state index contributed by atoms with van der Waals surface area (Å²) in [5.41, 5.74) is 2.87. The number of Topliss-reactive ketones (excluding diaryl/α,β-unsaturated/α-hetero) is 1. The minimum Gasteiger partial charge on any atom is -0.366 e. The molecule has 2 aromatic rings. The van der Waals surface area contributed by atoms with Crippen LogP contribution in [-0.4, -0.2) is 30.6 Å². The highest BCUT2D eigenvalue weighted by molar-refractivity contribution is 6.33. The minimum absolute atomic E-state index is 0.00938. The summed E-state index contributed by atoms with van der Waals surface area (Å²) in [7, 11) is 1.93. The average Bonchev–Trinajstić information content (AvgIpc) is 2.59. The standard InChI is InChI=1S/C20H22ClFN2O/c1-4-24(3)13-23-19-10-14(2)17(12-18(19)21)20(25)9-8-15-6-5-7-16(22)11-15/h5-7,10-13H,4,8-9H2,1-3H3. The summed E-state index contributed by atoms with van der Waals surface area (Å²) < 4.78 is 13.2. The molecule has 0 atom stereocenters. The van der Waals surface area contributed by atoms with Crippen molar-refractivity contribution in [1.29, 1.82) is 0 Å². The number of nitrogens with zero attached hydrogens (tertiary/aromatic N) is 2. The number of carbonyl (C=O) groups excluding carboxylic acids is 1. The van der Waals surface area contributed by atoms with E-state index in [4.69, 9.17) is 11.6 Å². The number of halogens is 2. The van der Waals surface area contributed by atoms with E-state index in [0.717, 1.165) is 17.7 Å². The van der Waals surface area contributed by atoms with Gasteiger partial charge in [0.1, 0.15) is 5.82 Å². The fourth-order valence-electron chi connectivity index (χ4n) is 2.39. The first kappa shape index (κ1) is 19.1. The number of ketones is 1. The summed E-state index contributed by atoms with van der Waals surface area (Å²) in [6.07, 6.45) is 2.52. The van der Waals surface area contributed by atoms with Crippen LogP contribution in [0.5, 0.6) is 0 Å². The highest BCUT2D eigenvalue weighted by atomic mass is 35.5. The van der Waals surface area contributed by atoms with Gasteiger partial charge in [0.2, 0.25) is 0 Å². The summed E-state index contributed by atoms with van der Waals surface area (Å²) in [5, 5.41) is 0.445. The number of aryl methyl sites for hydroxylation is 2. The van der Waals surface area contributed by atoms with Gasteiger partial charge in [0.15, 0.2) is 5.78 Å². The van der Waals surface area contributed by atoms with Gasteiger partial charge in [-0.15, -0.1) is 0 Å². The van der Waals surface area contributed by atoms with Gasteiger partial charge in [-0.25, -0.2) is 9.38 Å². The van der Waals surface area contributed by atoms with Crippen molar-refractivity contribution in [2.45, 2.75) is 26.7 Å².